The van der Waals surface area contributed by atoms with Crippen molar-refractivity contribution in [3.8, 4) is 0 Å². The van der Waals surface area contributed by atoms with Gasteiger partial charge in [-0.2, -0.15) is 0 Å². The summed E-state index contributed by atoms with van der Waals surface area (Å²) < 4.78 is 0. The number of aliphatic hydroxyl groups excluding tert-OH is 1. The first-order valence-corrected chi connectivity index (χ1v) is 6.75. The van der Waals surface area contributed by atoms with E-state index in [1.807, 2.05) is 7.05 Å². The molecule has 2 rings (SSSR count). The van der Waals surface area contributed by atoms with E-state index < -0.39 is 0 Å². The number of pyridine rings is 1. The normalized spacial score (nSPS) is 22.8. The molecule has 2 N–H and O–H groups in total. The highest BCUT2D eigenvalue weighted by Crippen LogP contribution is 2.26. The van der Waals surface area contributed by atoms with Crippen molar-refractivity contribution >= 4 is 11.7 Å². The lowest BCUT2D eigenvalue weighted by Crippen LogP contribution is -2.42. The fourth-order valence-electron chi connectivity index (χ4n) is 2.53. The van der Waals surface area contributed by atoms with Crippen LogP contribution in [0.4, 0.5) is 10.5 Å². The Morgan fingerprint density at radius 1 is 1.37 bits per heavy atom. The van der Waals surface area contributed by atoms with Crippen LogP contribution in [-0.2, 0) is 0 Å². The van der Waals surface area contributed by atoms with Crippen LogP contribution in [-0.4, -0.2) is 40.7 Å². The van der Waals surface area contributed by atoms with Crippen molar-refractivity contribution in [1.82, 2.24) is 9.88 Å². The second-order valence-electron chi connectivity index (χ2n) is 5.13. The number of aliphatic hydroxyl groups is 1. The van der Waals surface area contributed by atoms with Gasteiger partial charge >= 0.3 is 6.03 Å². The van der Waals surface area contributed by atoms with E-state index in [4.69, 9.17) is 5.11 Å². The lowest BCUT2D eigenvalue weighted by Gasteiger charge is -2.34. The van der Waals surface area contributed by atoms with Gasteiger partial charge in [-0.3, -0.25) is 4.98 Å². The van der Waals surface area contributed by atoms with Crippen LogP contribution in [0.5, 0.6) is 0 Å². The van der Waals surface area contributed by atoms with Crippen molar-refractivity contribution in [1.29, 1.82) is 0 Å². The maximum absolute atomic E-state index is 12.1. The highest BCUT2D eigenvalue weighted by Gasteiger charge is 2.26. The molecule has 5 heteroatoms. The smallest absolute Gasteiger partial charge is 0.321 e. The molecular weight excluding hydrogens is 242 g/mol. The molecule has 1 fully saturated rings. The Morgan fingerprint density at radius 2 is 2.00 bits per heavy atom. The molecule has 0 unspecified atom stereocenters. The van der Waals surface area contributed by atoms with Gasteiger partial charge in [0.1, 0.15) is 0 Å². The van der Waals surface area contributed by atoms with Crippen molar-refractivity contribution in [3.63, 3.8) is 0 Å². The fourth-order valence-corrected chi connectivity index (χ4v) is 2.53. The molecule has 1 aliphatic rings. The summed E-state index contributed by atoms with van der Waals surface area (Å²) in [5.41, 5.74) is 0.760. The highest BCUT2D eigenvalue weighted by molar-refractivity contribution is 5.89. The van der Waals surface area contributed by atoms with Gasteiger partial charge in [0.05, 0.1) is 0 Å². The minimum absolute atomic E-state index is 0.0846. The van der Waals surface area contributed by atoms with Crippen LogP contribution in [0.1, 0.15) is 25.7 Å². The third kappa shape index (κ3) is 3.67. The molecule has 5 nitrogen and oxygen atoms in total. The van der Waals surface area contributed by atoms with E-state index in [2.05, 4.69) is 10.3 Å². The predicted octanol–water partition coefficient (Wildman–Crippen LogP) is 2.10. The molecule has 1 saturated carbocycles. The first-order valence-electron chi connectivity index (χ1n) is 6.75. The van der Waals surface area contributed by atoms with Crippen molar-refractivity contribution < 1.29 is 9.90 Å². The van der Waals surface area contributed by atoms with Crippen LogP contribution in [0.15, 0.2) is 24.5 Å². The molecule has 0 saturated heterocycles. The van der Waals surface area contributed by atoms with Gasteiger partial charge in [-0.1, -0.05) is 0 Å². The number of urea groups is 1. The molecule has 0 aromatic carbocycles. The van der Waals surface area contributed by atoms with Crippen LogP contribution in [0.25, 0.3) is 0 Å². The van der Waals surface area contributed by atoms with Crippen LogP contribution in [0, 0.1) is 5.92 Å². The number of anilines is 1. The minimum Gasteiger partial charge on any atom is -0.396 e. The molecule has 1 heterocycles. The Kier molecular flexibility index (Phi) is 4.74. The van der Waals surface area contributed by atoms with E-state index in [1.165, 1.54) is 0 Å². The van der Waals surface area contributed by atoms with Gasteiger partial charge in [0.25, 0.3) is 0 Å². The van der Waals surface area contributed by atoms with Gasteiger partial charge in [0.2, 0.25) is 0 Å². The molecule has 0 spiro atoms. The van der Waals surface area contributed by atoms with Crippen LogP contribution >= 0.6 is 0 Å². The van der Waals surface area contributed by atoms with E-state index in [9.17, 15) is 4.79 Å². The van der Waals surface area contributed by atoms with E-state index in [0.29, 0.717) is 5.92 Å². The summed E-state index contributed by atoms with van der Waals surface area (Å²) in [6.45, 7) is 0.264. The number of hydrogen-bond donors (Lipinski definition) is 2. The van der Waals surface area contributed by atoms with Gasteiger partial charge in [-0.25, -0.2) is 4.79 Å². The Labute approximate surface area is 113 Å². The lowest BCUT2D eigenvalue weighted by molar-refractivity contribution is 0.139. The number of amides is 2. The topological polar surface area (TPSA) is 65.5 Å². The zero-order valence-electron chi connectivity index (χ0n) is 11.2. The Morgan fingerprint density at radius 3 is 2.58 bits per heavy atom. The van der Waals surface area contributed by atoms with Gasteiger partial charge < -0.3 is 15.3 Å². The summed E-state index contributed by atoms with van der Waals surface area (Å²) in [5.74, 6) is 0.410. The number of carbonyl (C=O) groups is 1. The summed E-state index contributed by atoms with van der Waals surface area (Å²) >= 11 is 0. The molecule has 19 heavy (non-hydrogen) atoms. The largest absolute Gasteiger partial charge is 0.396 e. The first kappa shape index (κ1) is 13.8. The summed E-state index contributed by atoms with van der Waals surface area (Å²) in [6, 6.07) is 3.73. The minimum atomic E-state index is -0.0846. The van der Waals surface area contributed by atoms with E-state index >= 15 is 0 Å². The number of carbonyl (C=O) groups excluding carboxylic acids is 1. The van der Waals surface area contributed by atoms with Crippen molar-refractivity contribution in [2.75, 3.05) is 19.0 Å². The fraction of sp³-hybridized carbons (Fsp3) is 0.571. The zero-order valence-corrected chi connectivity index (χ0v) is 11.2. The number of nitrogens with zero attached hydrogens (tertiary/aromatic N) is 2. The number of hydrogen-bond acceptors (Lipinski definition) is 3. The molecule has 0 atom stereocenters. The molecule has 2 amide bonds. The zero-order chi connectivity index (χ0) is 13.7. The average molecular weight is 263 g/mol. The maximum Gasteiger partial charge on any atom is 0.321 e. The second-order valence-corrected chi connectivity index (χ2v) is 5.13. The molecule has 104 valence electrons. The monoisotopic (exact) mass is 263 g/mol. The summed E-state index contributed by atoms with van der Waals surface area (Å²) in [7, 11) is 1.83. The first-order chi connectivity index (χ1) is 9.20. The third-order valence-corrected chi connectivity index (χ3v) is 3.87. The second kappa shape index (κ2) is 6.52. The summed E-state index contributed by atoms with van der Waals surface area (Å²) in [5, 5.41) is 12.0. The molecule has 1 aromatic heterocycles. The van der Waals surface area contributed by atoms with Crippen LogP contribution < -0.4 is 5.32 Å². The van der Waals surface area contributed by atoms with Crippen molar-refractivity contribution in [3.05, 3.63) is 24.5 Å². The van der Waals surface area contributed by atoms with E-state index in [0.717, 1.165) is 31.4 Å². The Balaban J connectivity index is 1.86. The number of rotatable bonds is 3. The number of aromatic nitrogens is 1. The molecule has 1 aromatic rings. The predicted molar refractivity (Wildman–Crippen MR) is 73.9 cm³/mol. The number of nitrogens with one attached hydrogen (secondary N) is 1. The highest BCUT2D eigenvalue weighted by atomic mass is 16.3. The molecule has 0 radical (unpaired) electrons. The third-order valence-electron chi connectivity index (χ3n) is 3.87. The van der Waals surface area contributed by atoms with Gasteiger partial charge in [0, 0.05) is 37.8 Å². The van der Waals surface area contributed by atoms with Crippen LogP contribution in [0.2, 0.25) is 0 Å². The van der Waals surface area contributed by atoms with Gasteiger partial charge in [-0.05, 0) is 43.7 Å². The standard InChI is InChI=1S/C14H21N3O2/c1-17(13-4-2-11(10-18)3-5-13)14(19)16-12-6-8-15-9-7-12/h6-9,11,13,18H,2-5,10H2,1H3,(H,15,16,19). The van der Waals surface area contributed by atoms with E-state index in [-0.39, 0.29) is 18.7 Å². The van der Waals surface area contributed by atoms with Crippen LogP contribution in [0.3, 0.4) is 0 Å². The quantitative estimate of drug-likeness (QED) is 0.877. The van der Waals surface area contributed by atoms with Crippen molar-refractivity contribution in [2.45, 2.75) is 31.7 Å². The average Bonchev–Trinajstić information content (AvgIpc) is 2.47. The molecule has 0 bridgehead atoms. The Hall–Kier alpha value is -1.62. The molecule has 0 aliphatic heterocycles. The Bertz CT molecular complexity index is 402. The lowest BCUT2D eigenvalue weighted by atomic mass is 9.86. The van der Waals surface area contributed by atoms with Gasteiger partial charge in [-0.15, -0.1) is 0 Å². The molecular formula is C14H21N3O2. The molecule has 1 aliphatic carbocycles. The van der Waals surface area contributed by atoms with Crippen molar-refractivity contribution in [2.24, 2.45) is 5.92 Å². The summed E-state index contributed by atoms with van der Waals surface area (Å²) in [4.78, 5) is 17.8. The summed E-state index contributed by atoms with van der Waals surface area (Å²) in [6.07, 6.45) is 7.23. The SMILES string of the molecule is CN(C(=O)Nc1ccncc1)C1CCC(CO)CC1. The van der Waals surface area contributed by atoms with E-state index in [1.54, 1.807) is 29.4 Å². The van der Waals surface area contributed by atoms with Gasteiger partial charge in [0.15, 0.2) is 0 Å². The maximum atomic E-state index is 12.1.